The Morgan fingerprint density at radius 1 is 1.00 bits per heavy atom. The molecule has 0 spiro atoms. The molecule has 0 aliphatic heterocycles. The van der Waals surface area contributed by atoms with Gasteiger partial charge >= 0.3 is 10.4 Å². The Bertz CT molecular complexity index is 235. The molecule has 2 atom stereocenters. The molecule has 0 amide bonds. The first kappa shape index (κ1) is 14.7. The first-order valence-corrected chi connectivity index (χ1v) is 6.14. The van der Waals surface area contributed by atoms with Crippen molar-refractivity contribution in [3.8, 4) is 0 Å². The molecule has 0 aliphatic carbocycles. The van der Waals surface area contributed by atoms with Crippen LogP contribution in [-0.2, 0) is 18.8 Å². The third-order valence-corrected chi connectivity index (χ3v) is 2.36. The molecule has 7 heteroatoms. The van der Waals surface area contributed by atoms with E-state index in [4.69, 9.17) is 0 Å². The van der Waals surface area contributed by atoms with E-state index >= 15 is 0 Å². The molecule has 0 aromatic carbocycles. The van der Waals surface area contributed by atoms with Crippen molar-refractivity contribution >= 4 is 10.4 Å². The molecule has 0 heterocycles. The Balaban J connectivity index is 4.07. The molecule has 0 bridgehead atoms. The predicted octanol–water partition coefficient (Wildman–Crippen LogP) is 2.46. The Hall–Kier alpha value is -0.270. The highest BCUT2D eigenvalue weighted by Gasteiger charge is 2.23. The van der Waals surface area contributed by atoms with E-state index in [-0.39, 0.29) is 12.8 Å². The van der Waals surface area contributed by atoms with Gasteiger partial charge in [0.1, 0.15) is 0 Å². The first-order valence-electron chi connectivity index (χ1n) is 4.81. The number of hydrogen-bond acceptors (Lipinski definition) is 4. The van der Waals surface area contributed by atoms with E-state index in [1.54, 1.807) is 13.8 Å². The smallest absolute Gasteiger partial charge is 0.215 e. The minimum atomic E-state index is -4.57. The maximum absolute atomic E-state index is 12.7. The molecule has 0 aromatic heterocycles. The summed E-state index contributed by atoms with van der Waals surface area (Å²) in [6.07, 6.45) is -3.27. The zero-order valence-electron chi connectivity index (χ0n) is 8.78. The third-order valence-electron chi connectivity index (χ3n) is 1.48. The highest BCUT2D eigenvalue weighted by molar-refractivity contribution is 7.81. The van der Waals surface area contributed by atoms with E-state index in [1.165, 1.54) is 0 Å². The Labute approximate surface area is 88.9 Å². The van der Waals surface area contributed by atoms with Gasteiger partial charge in [0.05, 0.1) is 0 Å². The average Bonchev–Trinajstić information content (AvgIpc) is 2.01. The van der Waals surface area contributed by atoms with Gasteiger partial charge in [-0.3, -0.25) is 0 Å². The third kappa shape index (κ3) is 7.64. The van der Waals surface area contributed by atoms with Crippen LogP contribution in [0.3, 0.4) is 0 Å². The second-order valence-corrected chi connectivity index (χ2v) is 4.20. The minimum Gasteiger partial charge on any atom is -0.215 e. The fourth-order valence-corrected chi connectivity index (χ4v) is 1.58. The van der Waals surface area contributed by atoms with Crippen LogP contribution in [0.25, 0.3) is 0 Å². The quantitative estimate of drug-likeness (QED) is 0.660. The lowest BCUT2D eigenvalue weighted by molar-refractivity contribution is 0.00527. The highest BCUT2D eigenvalue weighted by atomic mass is 32.3. The average molecular weight is 246 g/mol. The lowest BCUT2D eigenvalue weighted by Crippen LogP contribution is -2.20. The van der Waals surface area contributed by atoms with Gasteiger partial charge < -0.3 is 0 Å². The largest absolute Gasteiger partial charge is 0.405 e. The summed E-state index contributed by atoms with van der Waals surface area (Å²) in [6, 6.07) is 0. The van der Waals surface area contributed by atoms with Gasteiger partial charge in [-0.1, -0.05) is 26.7 Å². The van der Waals surface area contributed by atoms with Crippen LogP contribution in [0.4, 0.5) is 8.78 Å². The summed E-state index contributed by atoms with van der Waals surface area (Å²) in [5.74, 6) is 0. The summed E-state index contributed by atoms with van der Waals surface area (Å²) in [7, 11) is -4.57. The maximum atomic E-state index is 12.7. The van der Waals surface area contributed by atoms with E-state index in [0.717, 1.165) is 0 Å². The first-order chi connectivity index (χ1) is 6.91. The maximum Gasteiger partial charge on any atom is 0.405 e. The Morgan fingerprint density at radius 3 is 1.60 bits per heavy atom. The van der Waals surface area contributed by atoms with Crippen LogP contribution in [-0.4, -0.2) is 21.1 Å². The number of rotatable bonds is 8. The van der Waals surface area contributed by atoms with Crippen LogP contribution < -0.4 is 0 Å². The summed E-state index contributed by atoms with van der Waals surface area (Å²) in [5.41, 5.74) is 0. The second kappa shape index (κ2) is 7.08. The zero-order chi connectivity index (χ0) is 11.9. The van der Waals surface area contributed by atoms with Crippen LogP contribution in [0, 0.1) is 0 Å². The summed E-state index contributed by atoms with van der Waals surface area (Å²) < 4.78 is 55.1. The molecular formula is C8H16F2O4S. The van der Waals surface area contributed by atoms with Crippen LogP contribution >= 0.6 is 0 Å². The number of hydrogen-bond donors (Lipinski definition) is 0. The van der Waals surface area contributed by atoms with Crippen molar-refractivity contribution in [2.24, 2.45) is 0 Å². The lowest BCUT2D eigenvalue weighted by atomic mass is 10.3. The van der Waals surface area contributed by atoms with Crippen molar-refractivity contribution in [3.63, 3.8) is 0 Å². The van der Waals surface area contributed by atoms with E-state index in [9.17, 15) is 17.2 Å². The molecule has 0 saturated heterocycles. The Kier molecular flexibility index (Phi) is 6.95. The Morgan fingerprint density at radius 2 is 1.33 bits per heavy atom. The van der Waals surface area contributed by atoms with E-state index < -0.39 is 23.1 Å². The van der Waals surface area contributed by atoms with Gasteiger partial charge in [0.2, 0.25) is 12.7 Å². The molecule has 15 heavy (non-hydrogen) atoms. The summed E-state index contributed by atoms with van der Waals surface area (Å²) in [4.78, 5) is 0. The zero-order valence-corrected chi connectivity index (χ0v) is 9.60. The molecule has 0 saturated carbocycles. The monoisotopic (exact) mass is 246 g/mol. The molecular weight excluding hydrogens is 230 g/mol. The topological polar surface area (TPSA) is 52.6 Å². The van der Waals surface area contributed by atoms with Gasteiger partial charge in [0.15, 0.2) is 0 Å². The van der Waals surface area contributed by atoms with Gasteiger partial charge in [-0.15, -0.1) is 0 Å². The number of alkyl halides is 2. The van der Waals surface area contributed by atoms with Crippen molar-refractivity contribution in [1.82, 2.24) is 0 Å². The van der Waals surface area contributed by atoms with Gasteiger partial charge in [-0.05, 0) is 0 Å². The predicted molar refractivity (Wildman–Crippen MR) is 50.7 cm³/mol. The van der Waals surface area contributed by atoms with Crippen LogP contribution in [0.2, 0.25) is 0 Å². The fourth-order valence-electron chi connectivity index (χ4n) is 0.829. The van der Waals surface area contributed by atoms with Crippen molar-refractivity contribution in [3.05, 3.63) is 0 Å². The van der Waals surface area contributed by atoms with Crippen LogP contribution in [0.1, 0.15) is 39.5 Å². The van der Waals surface area contributed by atoms with Gasteiger partial charge in [0.25, 0.3) is 0 Å². The fraction of sp³-hybridized carbons (Fsp3) is 1.00. The normalized spacial score (nSPS) is 16.3. The SMILES string of the molecule is CCCC(F)OS(=O)(=O)OC(F)CCC. The summed E-state index contributed by atoms with van der Waals surface area (Å²) in [5, 5.41) is 0. The minimum absolute atomic E-state index is 0.0761. The van der Waals surface area contributed by atoms with Crippen molar-refractivity contribution in [2.45, 2.75) is 52.2 Å². The molecule has 0 aromatic rings. The molecule has 0 fully saturated rings. The van der Waals surface area contributed by atoms with E-state index in [0.29, 0.717) is 12.8 Å². The lowest BCUT2D eigenvalue weighted by Gasteiger charge is -2.11. The van der Waals surface area contributed by atoms with Crippen LogP contribution in [0.15, 0.2) is 0 Å². The van der Waals surface area contributed by atoms with Crippen molar-refractivity contribution in [1.29, 1.82) is 0 Å². The van der Waals surface area contributed by atoms with Gasteiger partial charge in [-0.2, -0.15) is 8.42 Å². The van der Waals surface area contributed by atoms with E-state index in [2.05, 4.69) is 8.37 Å². The standard InChI is InChI=1S/C8H16F2O4S/c1-3-5-7(9)13-15(11,12)14-8(10)6-4-2/h7-8H,3-6H2,1-2H3. The summed E-state index contributed by atoms with van der Waals surface area (Å²) in [6.45, 7) is 3.33. The van der Waals surface area contributed by atoms with Crippen molar-refractivity contribution in [2.75, 3.05) is 0 Å². The molecule has 2 unspecified atom stereocenters. The van der Waals surface area contributed by atoms with Gasteiger partial charge in [0, 0.05) is 12.8 Å². The second-order valence-electron chi connectivity index (χ2n) is 3.00. The molecule has 0 rings (SSSR count). The number of halogens is 2. The highest BCUT2D eigenvalue weighted by Crippen LogP contribution is 2.13. The van der Waals surface area contributed by atoms with Gasteiger partial charge in [-0.25, -0.2) is 17.1 Å². The summed E-state index contributed by atoms with van der Waals surface area (Å²) >= 11 is 0. The molecule has 0 N–H and O–H groups in total. The van der Waals surface area contributed by atoms with Crippen LogP contribution in [0.5, 0.6) is 0 Å². The molecule has 4 nitrogen and oxygen atoms in total. The van der Waals surface area contributed by atoms with Crippen molar-refractivity contribution < 1.29 is 25.6 Å². The van der Waals surface area contributed by atoms with E-state index in [1.807, 2.05) is 0 Å². The molecule has 92 valence electrons. The molecule has 0 aliphatic rings. The molecule has 0 radical (unpaired) electrons.